The van der Waals surface area contributed by atoms with Gasteiger partial charge in [-0.1, -0.05) is 35.3 Å². The Bertz CT molecular complexity index is 585. The highest BCUT2D eigenvalue weighted by molar-refractivity contribution is 6.43. The van der Waals surface area contributed by atoms with Crippen LogP contribution in [0.1, 0.15) is 21.7 Å². The van der Waals surface area contributed by atoms with Crippen LogP contribution in [0.2, 0.25) is 0 Å². The van der Waals surface area contributed by atoms with Gasteiger partial charge in [0.2, 0.25) is 0 Å². The standard InChI is InChI=1S/C13H10Cl2N2O2/c14-13(15)12-8-10(5-6-16-12)7-9-1-3-11(4-2-9)17(18)19/h1-6,8,13H,7H2. The maximum atomic E-state index is 10.6. The molecule has 4 nitrogen and oxygen atoms in total. The molecule has 1 aromatic carbocycles. The summed E-state index contributed by atoms with van der Waals surface area (Å²) in [7, 11) is 0. The number of nitro benzene ring substituents is 1. The SMILES string of the molecule is O=[N+]([O-])c1ccc(Cc2ccnc(C(Cl)Cl)c2)cc1. The number of alkyl halides is 2. The minimum absolute atomic E-state index is 0.0840. The van der Waals surface area contributed by atoms with Gasteiger partial charge in [0.25, 0.3) is 5.69 Å². The highest BCUT2D eigenvalue weighted by atomic mass is 35.5. The van der Waals surface area contributed by atoms with Gasteiger partial charge in [-0.3, -0.25) is 15.1 Å². The molecular formula is C13H10Cl2N2O2. The van der Waals surface area contributed by atoms with E-state index in [0.29, 0.717) is 12.1 Å². The summed E-state index contributed by atoms with van der Waals surface area (Å²) in [5.41, 5.74) is 2.66. The minimum atomic E-state index is -0.656. The molecule has 0 spiro atoms. The molecule has 2 aromatic rings. The lowest BCUT2D eigenvalue weighted by molar-refractivity contribution is -0.384. The molecule has 2 rings (SSSR count). The maximum absolute atomic E-state index is 10.6. The fourth-order valence-electron chi connectivity index (χ4n) is 1.69. The lowest BCUT2D eigenvalue weighted by Gasteiger charge is -2.05. The largest absolute Gasteiger partial charge is 0.269 e. The van der Waals surface area contributed by atoms with Crippen LogP contribution < -0.4 is 0 Å². The number of non-ortho nitro benzene ring substituents is 1. The van der Waals surface area contributed by atoms with E-state index in [4.69, 9.17) is 23.2 Å². The van der Waals surface area contributed by atoms with E-state index in [2.05, 4.69) is 4.98 Å². The molecule has 0 aliphatic rings. The Labute approximate surface area is 120 Å². The van der Waals surface area contributed by atoms with Gasteiger partial charge in [0.1, 0.15) is 4.84 Å². The molecule has 0 N–H and O–H groups in total. The second kappa shape index (κ2) is 5.99. The topological polar surface area (TPSA) is 56.0 Å². The molecule has 0 saturated carbocycles. The van der Waals surface area contributed by atoms with E-state index < -0.39 is 9.76 Å². The van der Waals surface area contributed by atoms with Gasteiger partial charge in [-0.15, -0.1) is 0 Å². The third-order valence-electron chi connectivity index (χ3n) is 2.62. The normalized spacial score (nSPS) is 10.7. The van der Waals surface area contributed by atoms with Crippen LogP contribution in [0.15, 0.2) is 42.6 Å². The van der Waals surface area contributed by atoms with E-state index >= 15 is 0 Å². The van der Waals surface area contributed by atoms with Crippen LogP contribution in [0.4, 0.5) is 5.69 Å². The summed E-state index contributed by atoms with van der Waals surface area (Å²) in [4.78, 5) is 13.6. The summed E-state index contributed by atoms with van der Waals surface area (Å²) < 4.78 is 0. The lowest BCUT2D eigenvalue weighted by Crippen LogP contribution is -1.94. The number of hydrogen-bond acceptors (Lipinski definition) is 3. The Morgan fingerprint density at radius 1 is 1.16 bits per heavy atom. The summed E-state index contributed by atoms with van der Waals surface area (Å²) in [6.07, 6.45) is 2.29. The van der Waals surface area contributed by atoms with Crippen molar-refractivity contribution in [1.29, 1.82) is 0 Å². The third-order valence-corrected chi connectivity index (χ3v) is 3.07. The van der Waals surface area contributed by atoms with Crippen molar-refractivity contribution < 1.29 is 4.92 Å². The van der Waals surface area contributed by atoms with Crippen LogP contribution in [-0.2, 0) is 6.42 Å². The first kappa shape index (κ1) is 13.8. The Balaban J connectivity index is 2.16. The predicted octanol–water partition coefficient (Wildman–Crippen LogP) is 4.06. The Hall–Kier alpha value is -1.65. The summed E-state index contributed by atoms with van der Waals surface area (Å²) >= 11 is 11.5. The number of nitrogens with zero attached hydrogens (tertiary/aromatic N) is 2. The average molecular weight is 297 g/mol. The van der Waals surface area contributed by atoms with Gasteiger partial charge in [0.15, 0.2) is 0 Å². The summed E-state index contributed by atoms with van der Waals surface area (Å²) in [5.74, 6) is 0. The molecule has 0 aliphatic heterocycles. The zero-order valence-corrected chi connectivity index (χ0v) is 11.3. The van der Waals surface area contributed by atoms with Crippen LogP contribution in [0.5, 0.6) is 0 Å². The summed E-state index contributed by atoms with van der Waals surface area (Å²) in [6, 6.07) is 10.1. The smallest absolute Gasteiger partial charge is 0.258 e. The Morgan fingerprint density at radius 2 is 1.84 bits per heavy atom. The fraction of sp³-hybridized carbons (Fsp3) is 0.154. The van der Waals surface area contributed by atoms with Gasteiger partial charge < -0.3 is 0 Å². The van der Waals surface area contributed by atoms with Crippen LogP contribution in [-0.4, -0.2) is 9.91 Å². The zero-order valence-electron chi connectivity index (χ0n) is 9.79. The van der Waals surface area contributed by atoms with Gasteiger partial charge in [-0.25, -0.2) is 0 Å². The third kappa shape index (κ3) is 3.66. The van der Waals surface area contributed by atoms with Crippen molar-refractivity contribution in [2.24, 2.45) is 0 Å². The molecule has 0 atom stereocenters. The van der Waals surface area contributed by atoms with E-state index in [9.17, 15) is 10.1 Å². The molecule has 0 radical (unpaired) electrons. The lowest BCUT2D eigenvalue weighted by atomic mass is 10.1. The van der Waals surface area contributed by atoms with Crippen LogP contribution >= 0.6 is 23.2 Å². The van der Waals surface area contributed by atoms with Gasteiger partial charge >= 0.3 is 0 Å². The van der Waals surface area contributed by atoms with Crippen LogP contribution in [0.3, 0.4) is 0 Å². The van der Waals surface area contributed by atoms with E-state index in [1.54, 1.807) is 18.3 Å². The molecule has 0 saturated heterocycles. The van der Waals surface area contributed by atoms with Gasteiger partial charge in [-0.05, 0) is 29.7 Å². The van der Waals surface area contributed by atoms with Gasteiger partial charge in [-0.2, -0.15) is 0 Å². The van der Waals surface area contributed by atoms with E-state index in [1.807, 2.05) is 12.1 Å². The van der Waals surface area contributed by atoms with Crippen molar-refractivity contribution in [1.82, 2.24) is 4.98 Å². The number of benzene rings is 1. The monoisotopic (exact) mass is 296 g/mol. The van der Waals surface area contributed by atoms with Crippen molar-refractivity contribution in [2.45, 2.75) is 11.3 Å². The minimum Gasteiger partial charge on any atom is -0.258 e. The van der Waals surface area contributed by atoms with Crippen molar-refractivity contribution in [2.75, 3.05) is 0 Å². The first-order chi connectivity index (χ1) is 9.06. The number of aromatic nitrogens is 1. The number of halogens is 2. The second-order valence-electron chi connectivity index (χ2n) is 3.99. The van der Waals surface area contributed by atoms with E-state index in [-0.39, 0.29) is 5.69 Å². The van der Waals surface area contributed by atoms with Crippen molar-refractivity contribution in [3.05, 3.63) is 69.5 Å². The van der Waals surface area contributed by atoms with Gasteiger partial charge in [0, 0.05) is 18.3 Å². The second-order valence-corrected chi connectivity index (χ2v) is 5.09. The molecule has 0 fully saturated rings. The molecule has 1 aromatic heterocycles. The first-order valence-corrected chi connectivity index (χ1v) is 6.40. The van der Waals surface area contributed by atoms with Crippen molar-refractivity contribution in [3.63, 3.8) is 0 Å². The Kier molecular flexibility index (Phi) is 4.35. The summed E-state index contributed by atoms with van der Waals surface area (Å²) in [5, 5.41) is 10.6. The fourth-order valence-corrected chi connectivity index (χ4v) is 1.93. The number of hydrogen-bond donors (Lipinski definition) is 0. The summed E-state index contributed by atoms with van der Waals surface area (Å²) in [6.45, 7) is 0. The molecule has 6 heteroatoms. The number of rotatable bonds is 4. The van der Waals surface area contributed by atoms with Crippen molar-refractivity contribution >= 4 is 28.9 Å². The molecule has 19 heavy (non-hydrogen) atoms. The molecular weight excluding hydrogens is 287 g/mol. The quantitative estimate of drug-likeness (QED) is 0.486. The maximum Gasteiger partial charge on any atom is 0.269 e. The highest BCUT2D eigenvalue weighted by Gasteiger charge is 2.07. The van der Waals surface area contributed by atoms with E-state index in [0.717, 1.165) is 11.1 Å². The molecule has 0 amide bonds. The zero-order chi connectivity index (χ0) is 13.8. The van der Waals surface area contributed by atoms with Crippen molar-refractivity contribution in [3.8, 4) is 0 Å². The molecule has 98 valence electrons. The van der Waals surface area contributed by atoms with Crippen LogP contribution in [0, 0.1) is 10.1 Å². The molecule has 0 unspecified atom stereocenters. The molecule has 0 bridgehead atoms. The average Bonchev–Trinajstić information content (AvgIpc) is 2.39. The molecule has 0 aliphatic carbocycles. The first-order valence-electron chi connectivity index (χ1n) is 5.52. The predicted molar refractivity (Wildman–Crippen MR) is 74.6 cm³/mol. The van der Waals surface area contributed by atoms with E-state index in [1.165, 1.54) is 12.1 Å². The Morgan fingerprint density at radius 3 is 2.42 bits per heavy atom. The molecule has 1 heterocycles. The number of nitro groups is 1. The van der Waals surface area contributed by atoms with Crippen LogP contribution in [0.25, 0.3) is 0 Å². The van der Waals surface area contributed by atoms with Gasteiger partial charge in [0.05, 0.1) is 10.6 Å². The highest BCUT2D eigenvalue weighted by Crippen LogP contribution is 2.24. The number of pyridine rings is 1.